The van der Waals surface area contributed by atoms with Gasteiger partial charge in [-0.25, -0.2) is 4.79 Å². The quantitative estimate of drug-likeness (QED) is 0.867. The number of benzene rings is 1. The molecule has 0 saturated heterocycles. The van der Waals surface area contributed by atoms with Gasteiger partial charge in [0.25, 0.3) is 0 Å². The molecule has 17 heavy (non-hydrogen) atoms. The van der Waals surface area contributed by atoms with Gasteiger partial charge in [0.2, 0.25) is 0 Å². The number of hydrogen-bond acceptors (Lipinski definition) is 3. The fourth-order valence-corrected chi connectivity index (χ4v) is 2.37. The van der Waals surface area contributed by atoms with E-state index in [2.05, 4.69) is 5.32 Å². The molecule has 1 atom stereocenters. The fourth-order valence-electron chi connectivity index (χ4n) is 1.64. The molecule has 4 heteroatoms. The molecule has 2 N–H and O–H groups in total. The van der Waals surface area contributed by atoms with Gasteiger partial charge in [0, 0.05) is 10.6 Å². The van der Waals surface area contributed by atoms with Gasteiger partial charge in [0.1, 0.15) is 0 Å². The molecule has 0 bridgehead atoms. The minimum atomic E-state index is -0.911. The molecule has 88 valence electrons. The number of anilines is 1. The number of carboxylic acids is 1. The van der Waals surface area contributed by atoms with Crippen LogP contribution in [0.5, 0.6) is 0 Å². The van der Waals surface area contributed by atoms with E-state index in [1.165, 1.54) is 4.88 Å². The molecule has 1 heterocycles. The first-order chi connectivity index (χ1) is 8.18. The predicted octanol–water partition coefficient (Wildman–Crippen LogP) is 3.62. The molecular weight excluding hydrogens is 234 g/mol. The van der Waals surface area contributed by atoms with E-state index < -0.39 is 5.97 Å². The number of para-hydroxylation sites is 1. The van der Waals surface area contributed by atoms with Crippen molar-refractivity contribution in [3.63, 3.8) is 0 Å². The summed E-state index contributed by atoms with van der Waals surface area (Å²) in [4.78, 5) is 12.2. The summed E-state index contributed by atoms with van der Waals surface area (Å²) >= 11 is 1.65. The average molecular weight is 247 g/mol. The van der Waals surface area contributed by atoms with Crippen molar-refractivity contribution in [1.82, 2.24) is 0 Å². The van der Waals surface area contributed by atoms with Crippen molar-refractivity contribution < 1.29 is 9.90 Å². The Morgan fingerprint density at radius 1 is 1.29 bits per heavy atom. The van der Waals surface area contributed by atoms with Crippen molar-refractivity contribution in [2.75, 3.05) is 5.32 Å². The molecule has 1 unspecified atom stereocenters. The summed E-state index contributed by atoms with van der Waals surface area (Å²) in [6.07, 6.45) is 0. The molecule has 0 fully saturated rings. The first-order valence-electron chi connectivity index (χ1n) is 5.30. The molecule has 0 saturated carbocycles. The van der Waals surface area contributed by atoms with Crippen LogP contribution in [-0.2, 0) is 0 Å². The zero-order valence-corrected chi connectivity index (χ0v) is 10.2. The van der Waals surface area contributed by atoms with E-state index in [9.17, 15) is 4.79 Å². The van der Waals surface area contributed by atoms with E-state index in [-0.39, 0.29) is 6.04 Å². The minimum absolute atomic E-state index is 0.107. The van der Waals surface area contributed by atoms with Crippen molar-refractivity contribution in [3.05, 3.63) is 52.2 Å². The second kappa shape index (κ2) is 5.01. The Balaban J connectivity index is 2.21. The highest BCUT2D eigenvalue weighted by Crippen LogP contribution is 2.25. The minimum Gasteiger partial charge on any atom is -0.478 e. The smallest absolute Gasteiger partial charge is 0.337 e. The summed E-state index contributed by atoms with van der Waals surface area (Å²) < 4.78 is 0. The summed E-state index contributed by atoms with van der Waals surface area (Å²) in [5, 5.41) is 14.3. The lowest BCUT2D eigenvalue weighted by Gasteiger charge is -2.15. The van der Waals surface area contributed by atoms with Crippen LogP contribution in [0.2, 0.25) is 0 Å². The molecule has 0 aliphatic heterocycles. The summed E-state index contributed by atoms with van der Waals surface area (Å²) in [5.74, 6) is -0.911. The van der Waals surface area contributed by atoms with Gasteiger partial charge in [0.15, 0.2) is 0 Å². The zero-order valence-electron chi connectivity index (χ0n) is 9.38. The van der Waals surface area contributed by atoms with Crippen LogP contribution in [0.15, 0.2) is 41.8 Å². The molecule has 2 aromatic rings. The van der Waals surface area contributed by atoms with Crippen LogP contribution in [0.4, 0.5) is 5.69 Å². The maximum atomic E-state index is 11.1. The molecule has 1 aromatic heterocycles. The van der Waals surface area contributed by atoms with Crippen LogP contribution in [-0.4, -0.2) is 11.1 Å². The van der Waals surface area contributed by atoms with Crippen molar-refractivity contribution in [2.45, 2.75) is 13.0 Å². The van der Waals surface area contributed by atoms with Gasteiger partial charge in [-0.3, -0.25) is 0 Å². The lowest BCUT2D eigenvalue weighted by molar-refractivity contribution is 0.0698. The van der Waals surface area contributed by atoms with Crippen molar-refractivity contribution in [3.8, 4) is 0 Å². The lowest BCUT2D eigenvalue weighted by Crippen LogP contribution is -2.09. The number of aromatic carboxylic acids is 1. The van der Waals surface area contributed by atoms with E-state index in [0.717, 1.165) is 0 Å². The first kappa shape index (κ1) is 11.7. The fraction of sp³-hybridized carbons (Fsp3) is 0.154. The average Bonchev–Trinajstić information content (AvgIpc) is 2.83. The van der Waals surface area contributed by atoms with Crippen LogP contribution >= 0.6 is 11.3 Å². The highest BCUT2D eigenvalue weighted by atomic mass is 32.1. The molecule has 3 nitrogen and oxygen atoms in total. The highest BCUT2D eigenvalue weighted by molar-refractivity contribution is 7.10. The Kier molecular flexibility index (Phi) is 3.44. The molecule has 1 aromatic carbocycles. The topological polar surface area (TPSA) is 49.3 Å². The van der Waals surface area contributed by atoms with E-state index in [0.29, 0.717) is 11.3 Å². The molecule has 0 radical (unpaired) electrons. The molecule has 2 rings (SSSR count). The van der Waals surface area contributed by atoms with E-state index >= 15 is 0 Å². The van der Waals surface area contributed by atoms with Gasteiger partial charge in [-0.1, -0.05) is 18.2 Å². The highest BCUT2D eigenvalue weighted by Gasteiger charge is 2.12. The number of nitrogens with one attached hydrogen (secondary N) is 1. The third kappa shape index (κ3) is 2.65. The number of carboxylic acid groups (broad SMARTS) is 1. The van der Waals surface area contributed by atoms with Crippen molar-refractivity contribution in [1.29, 1.82) is 0 Å². The Morgan fingerprint density at radius 2 is 2.06 bits per heavy atom. The molecule has 0 aliphatic carbocycles. The zero-order chi connectivity index (χ0) is 12.3. The Labute approximate surface area is 104 Å². The number of carbonyl (C=O) groups is 1. The van der Waals surface area contributed by atoms with Gasteiger partial charge < -0.3 is 10.4 Å². The third-order valence-corrected chi connectivity index (χ3v) is 3.55. The van der Waals surface area contributed by atoms with Gasteiger partial charge >= 0.3 is 5.97 Å². The summed E-state index contributed by atoms with van der Waals surface area (Å²) in [6.45, 7) is 2.02. The molecule has 0 spiro atoms. The second-order valence-corrected chi connectivity index (χ2v) is 4.71. The number of thiophene rings is 1. The normalized spacial score (nSPS) is 12.1. The summed E-state index contributed by atoms with van der Waals surface area (Å²) in [6, 6.07) is 11.1. The van der Waals surface area contributed by atoms with Crippen LogP contribution in [0.25, 0.3) is 0 Å². The Morgan fingerprint density at radius 3 is 2.71 bits per heavy atom. The van der Waals surface area contributed by atoms with Crippen LogP contribution in [0.3, 0.4) is 0 Å². The molecule has 0 amide bonds. The number of rotatable bonds is 4. The molecular formula is C13H13NO2S. The third-order valence-electron chi connectivity index (χ3n) is 2.50. The van der Waals surface area contributed by atoms with Crippen LogP contribution < -0.4 is 5.32 Å². The van der Waals surface area contributed by atoms with Crippen molar-refractivity contribution >= 4 is 23.0 Å². The number of hydrogen-bond donors (Lipinski definition) is 2. The SMILES string of the molecule is CC(Nc1ccccc1C(=O)O)c1cccs1. The monoisotopic (exact) mass is 247 g/mol. The van der Waals surface area contributed by atoms with Crippen molar-refractivity contribution in [2.24, 2.45) is 0 Å². The second-order valence-electron chi connectivity index (χ2n) is 3.73. The Hall–Kier alpha value is -1.81. The van der Waals surface area contributed by atoms with E-state index in [4.69, 9.17) is 5.11 Å². The first-order valence-corrected chi connectivity index (χ1v) is 6.18. The van der Waals surface area contributed by atoms with Gasteiger partial charge in [-0.2, -0.15) is 0 Å². The largest absolute Gasteiger partial charge is 0.478 e. The van der Waals surface area contributed by atoms with Gasteiger partial charge in [-0.05, 0) is 30.5 Å². The van der Waals surface area contributed by atoms with Crippen LogP contribution in [0.1, 0.15) is 28.2 Å². The maximum Gasteiger partial charge on any atom is 0.337 e. The standard InChI is InChI=1S/C13H13NO2S/c1-9(12-7-4-8-17-12)14-11-6-3-2-5-10(11)13(15)16/h2-9,14H,1H3,(H,15,16). The van der Waals surface area contributed by atoms with Gasteiger partial charge in [0.05, 0.1) is 11.6 Å². The molecule has 0 aliphatic rings. The van der Waals surface area contributed by atoms with Gasteiger partial charge in [-0.15, -0.1) is 11.3 Å². The maximum absolute atomic E-state index is 11.1. The summed E-state index contributed by atoms with van der Waals surface area (Å²) in [7, 11) is 0. The summed E-state index contributed by atoms with van der Waals surface area (Å²) in [5.41, 5.74) is 0.955. The lowest BCUT2D eigenvalue weighted by atomic mass is 10.1. The predicted molar refractivity (Wildman–Crippen MR) is 69.8 cm³/mol. The van der Waals surface area contributed by atoms with E-state index in [1.54, 1.807) is 29.5 Å². The van der Waals surface area contributed by atoms with Crippen LogP contribution in [0, 0.1) is 0 Å². The Bertz CT molecular complexity index is 508. The van der Waals surface area contributed by atoms with E-state index in [1.807, 2.05) is 30.5 Å².